The average Bonchev–Trinajstić information content (AvgIpc) is 2.60. The summed E-state index contributed by atoms with van der Waals surface area (Å²) >= 11 is 3.09. The smallest absolute Gasteiger partial charge is 0.248 e. The molecule has 1 amide bonds. The third kappa shape index (κ3) is 2.52. The van der Waals surface area contributed by atoms with Crippen molar-refractivity contribution in [2.45, 2.75) is 0 Å². The molecule has 0 saturated carbocycles. The minimum Gasteiger partial charge on any atom is -0.491 e. The van der Waals surface area contributed by atoms with E-state index in [0.717, 1.165) is 0 Å². The number of benzene rings is 1. The van der Waals surface area contributed by atoms with Crippen LogP contribution in [0.25, 0.3) is 11.3 Å². The second-order valence-electron chi connectivity index (χ2n) is 5.04. The van der Waals surface area contributed by atoms with E-state index in [4.69, 9.17) is 10.5 Å². The molecule has 1 aromatic heterocycles. The van der Waals surface area contributed by atoms with Gasteiger partial charge in [0, 0.05) is 11.1 Å². The van der Waals surface area contributed by atoms with Gasteiger partial charge in [0.25, 0.3) is 0 Å². The zero-order valence-electron chi connectivity index (χ0n) is 12.5. The monoisotopic (exact) mass is 386 g/mol. The molecule has 2 aromatic rings. The maximum Gasteiger partial charge on any atom is 0.248 e. The van der Waals surface area contributed by atoms with Crippen LogP contribution in [-0.2, 0) is 4.74 Å². The standard InChI is InChI=1S/C17H11BrN2O4/c1-24-16-12(18)15(22)13-10(14(16)21)5-6-11(20-13)8-3-2-4-9(7-8)17(19)23/h2-7H,1H3,(H2,19,23). The van der Waals surface area contributed by atoms with E-state index in [2.05, 4.69) is 20.9 Å². The number of nitrogens with zero attached hydrogens (tertiary/aromatic N) is 1. The molecule has 7 heteroatoms. The topological polar surface area (TPSA) is 99.3 Å². The zero-order chi connectivity index (χ0) is 17.4. The highest BCUT2D eigenvalue weighted by molar-refractivity contribution is 9.12. The van der Waals surface area contributed by atoms with Gasteiger partial charge in [0.15, 0.2) is 5.76 Å². The number of carbonyl (C=O) groups is 3. The predicted molar refractivity (Wildman–Crippen MR) is 89.8 cm³/mol. The van der Waals surface area contributed by atoms with Crippen LogP contribution < -0.4 is 5.73 Å². The first-order chi connectivity index (χ1) is 11.4. The largest absolute Gasteiger partial charge is 0.491 e. The van der Waals surface area contributed by atoms with E-state index in [1.165, 1.54) is 13.2 Å². The number of pyridine rings is 1. The number of amides is 1. The molecule has 0 spiro atoms. The number of fused-ring (bicyclic) bond motifs is 1. The van der Waals surface area contributed by atoms with Gasteiger partial charge in [-0.25, -0.2) is 4.98 Å². The summed E-state index contributed by atoms with van der Waals surface area (Å²) in [5.74, 6) is -1.45. The molecule has 1 heterocycles. The quantitative estimate of drug-likeness (QED) is 0.873. The van der Waals surface area contributed by atoms with Crippen LogP contribution >= 0.6 is 15.9 Å². The Bertz CT molecular complexity index is 934. The van der Waals surface area contributed by atoms with Gasteiger partial charge in [-0.15, -0.1) is 0 Å². The van der Waals surface area contributed by atoms with Crippen molar-refractivity contribution in [2.75, 3.05) is 7.11 Å². The van der Waals surface area contributed by atoms with Crippen molar-refractivity contribution in [3.63, 3.8) is 0 Å². The lowest BCUT2D eigenvalue weighted by molar-refractivity contribution is 0.0911. The maximum atomic E-state index is 12.4. The van der Waals surface area contributed by atoms with Gasteiger partial charge in [0.1, 0.15) is 10.2 Å². The number of hydrogen-bond acceptors (Lipinski definition) is 5. The predicted octanol–water partition coefficient (Wildman–Crippen LogP) is 2.48. The summed E-state index contributed by atoms with van der Waals surface area (Å²) in [5, 5.41) is 0. The molecular weight excluding hydrogens is 376 g/mol. The summed E-state index contributed by atoms with van der Waals surface area (Å²) in [5.41, 5.74) is 6.89. The van der Waals surface area contributed by atoms with Crippen LogP contribution in [0.15, 0.2) is 46.6 Å². The molecule has 1 aliphatic rings. The molecule has 2 N–H and O–H groups in total. The summed E-state index contributed by atoms with van der Waals surface area (Å²) in [7, 11) is 1.32. The van der Waals surface area contributed by atoms with E-state index in [9.17, 15) is 14.4 Å². The number of aromatic nitrogens is 1. The van der Waals surface area contributed by atoms with Crippen molar-refractivity contribution in [1.82, 2.24) is 4.98 Å². The van der Waals surface area contributed by atoms with Crippen LogP contribution in [0.1, 0.15) is 31.2 Å². The van der Waals surface area contributed by atoms with Crippen molar-refractivity contribution >= 4 is 33.4 Å². The normalized spacial score (nSPS) is 13.8. The van der Waals surface area contributed by atoms with Crippen LogP contribution in [0.5, 0.6) is 0 Å². The molecule has 0 bridgehead atoms. The average molecular weight is 387 g/mol. The van der Waals surface area contributed by atoms with Crippen LogP contribution in [0.2, 0.25) is 0 Å². The molecule has 3 rings (SSSR count). The van der Waals surface area contributed by atoms with E-state index in [1.807, 2.05) is 0 Å². The van der Waals surface area contributed by atoms with Crippen molar-refractivity contribution in [3.8, 4) is 11.3 Å². The lowest BCUT2D eigenvalue weighted by Crippen LogP contribution is -2.22. The number of allylic oxidation sites excluding steroid dienone is 2. The summed E-state index contributed by atoms with van der Waals surface area (Å²) in [6, 6.07) is 9.70. The maximum absolute atomic E-state index is 12.4. The second-order valence-corrected chi connectivity index (χ2v) is 5.84. The molecule has 1 aliphatic carbocycles. The molecule has 0 atom stereocenters. The minimum absolute atomic E-state index is 0.0367. The first-order valence-corrected chi connectivity index (χ1v) is 7.67. The number of halogens is 1. The van der Waals surface area contributed by atoms with Crippen molar-refractivity contribution in [3.05, 3.63) is 63.5 Å². The highest BCUT2D eigenvalue weighted by atomic mass is 79.9. The van der Waals surface area contributed by atoms with Gasteiger partial charge in [-0.1, -0.05) is 12.1 Å². The Hall–Kier alpha value is -2.80. The van der Waals surface area contributed by atoms with Gasteiger partial charge in [-0.05, 0) is 40.2 Å². The number of primary amides is 1. The highest BCUT2D eigenvalue weighted by Crippen LogP contribution is 2.31. The van der Waals surface area contributed by atoms with E-state index in [1.54, 1.807) is 30.3 Å². The first kappa shape index (κ1) is 16.1. The summed E-state index contributed by atoms with van der Waals surface area (Å²) in [6.07, 6.45) is 0. The van der Waals surface area contributed by atoms with E-state index >= 15 is 0 Å². The number of Topliss-reactive ketones (excluding diaryl/α,β-unsaturated/α-hetero) is 2. The second kappa shape index (κ2) is 6.01. The van der Waals surface area contributed by atoms with Gasteiger partial charge < -0.3 is 10.5 Å². The highest BCUT2D eigenvalue weighted by Gasteiger charge is 2.33. The molecule has 0 radical (unpaired) electrons. The van der Waals surface area contributed by atoms with Crippen LogP contribution in [0, 0.1) is 0 Å². The number of methoxy groups -OCH3 is 1. The van der Waals surface area contributed by atoms with Crippen LogP contribution in [0.4, 0.5) is 0 Å². The van der Waals surface area contributed by atoms with Gasteiger partial charge in [-0.2, -0.15) is 0 Å². The molecule has 6 nitrogen and oxygen atoms in total. The Morgan fingerprint density at radius 1 is 1.17 bits per heavy atom. The number of ketones is 2. The van der Waals surface area contributed by atoms with Gasteiger partial charge >= 0.3 is 0 Å². The zero-order valence-corrected chi connectivity index (χ0v) is 14.1. The third-order valence-corrected chi connectivity index (χ3v) is 4.33. The Labute approximate surface area is 145 Å². The van der Waals surface area contributed by atoms with E-state index in [-0.39, 0.29) is 21.5 Å². The number of rotatable bonds is 3. The fourth-order valence-corrected chi connectivity index (χ4v) is 2.95. The van der Waals surface area contributed by atoms with Gasteiger partial charge in [0.2, 0.25) is 17.5 Å². The molecule has 24 heavy (non-hydrogen) atoms. The van der Waals surface area contributed by atoms with Gasteiger partial charge in [-0.3, -0.25) is 14.4 Å². The number of ether oxygens (including phenoxy) is 1. The number of nitrogens with two attached hydrogens (primary N) is 1. The lowest BCUT2D eigenvalue weighted by atomic mass is 9.96. The Morgan fingerprint density at radius 3 is 2.58 bits per heavy atom. The number of hydrogen-bond donors (Lipinski definition) is 1. The number of carbonyl (C=O) groups excluding carboxylic acids is 3. The van der Waals surface area contributed by atoms with E-state index < -0.39 is 17.5 Å². The Kier molecular flexibility index (Phi) is 4.02. The Balaban J connectivity index is 2.13. The molecule has 120 valence electrons. The molecule has 0 saturated heterocycles. The van der Waals surface area contributed by atoms with Crippen LogP contribution in [0.3, 0.4) is 0 Å². The molecule has 0 unspecified atom stereocenters. The van der Waals surface area contributed by atoms with Crippen molar-refractivity contribution in [1.29, 1.82) is 0 Å². The molecule has 1 aromatic carbocycles. The summed E-state index contributed by atoms with van der Waals surface area (Å²) in [4.78, 5) is 40.3. The summed E-state index contributed by atoms with van der Waals surface area (Å²) in [6.45, 7) is 0. The van der Waals surface area contributed by atoms with E-state index in [0.29, 0.717) is 16.8 Å². The van der Waals surface area contributed by atoms with Crippen molar-refractivity contribution < 1.29 is 19.1 Å². The lowest BCUT2D eigenvalue weighted by Gasteiger charge is -2.16. The molecular formula is C17H11BrN2O4. The summed E-state index contributed by atoms with van der Waals surface area (Å²) < 4.78 is 5.02. The molecule has 0 fully saturated rings. The third-order valence-electron chi connectivity index (χ3n) is 3.61. The Morgan fingerprint density at radius 2 is 1.92 bits per heavy atom. The fraction of sp³-hybridized carbons (Fsp3) is 0.0588. The SMILES string of the molecule is COC1=C(Br)C(=O)c2nc(-c3cccc(C(N)=O)c3)ccc2C1=O. The van der Waals surface area contributed by atoms with Crippen LogP contribution in [-0.4, -0.2) is 29.6 Å². The fourth-order valence-electron chi connectivity index (χ4n) is 2.42. The molecule has 0 aliphatic heterocycles. The van der Waals surface area contributed by atoms with Gasteiger partial charge in [0.05, 0.1) is 18.4 Å². The minimum atomic E-state index is -0.559. The van der Waals surface area contributed by atoms with Crippen molar-refractivity contribution in [2.24, 2.45) is 5.73 Å². The first-order valence-electron chi connectivity index (χ1n) is 6.88.